The molecule has 0 bridgehead atoms. The van der Waals surface area contributed by atoms with Gasteiger partial charge in [0.25, 0.3) is 0 Å². The van der Waals surface area contributed by atoms with E-state index >= 15 is 0 Å². The molecule has 2 nitrogen and oxygen atoms in total. The predicted octanol–water partition coefficient (Wildman–Crippen LogP) is 8.08. The summed E-state index contributed by atoms with van der Waals surface area (Å²) >= 11 is 0. The molecule has 2 N–H and O–H groups in total. The van der Waals surface area contributed by atoms with E-state index in [2.05, 4.69) is 52.0 Å². The van der Waals surface area contributed by atoms with Gasteiger partial charge in [-0.2, -0.15) is 12.2 Å². The van der Waals surface area contributed by atoms with E-state index in [0.29, 0.717) is 11.5 Å². The van der Waals surface area contributed by atoms with E-state index in [4.69, 9.17) is 10.2 Å². The van der Waals surface area contributed by atoms with E-state index in [9.17, 15) is 0 Å². The van der Waals surface area contributed by atoms with Gasteiger partial charge in [0, 0.05) is 0 Å². The molecular weight excluding hydrogens is 484 g/mol. The minimum absolute atomic E-state index is 0. The van der Waals surface area contributed by atoms with Gasteiger partial charge in [-0.05, 0) is 36.1 Å². The first-order valence-electron chi connectivity index (χ1n) is 11.3. The quantitative estimate of drug-likeness (QED) is 0.392. The monoisotopic (exact) mass is 520 g/mol. The van der Waals surface area contributed by atoms with E-state index in [0.717, 1.165) is 36.8 Å². The van der Waals surface area contributed by atoms with Crippen molar-refractivity contribution in [2.75, 3.05) is 0 Å². The van der Waals surface area contributed by atoms with Crippen LogP contribution in [0.1, 0.15) is 65.5 Å². The number of rotatable bonds is 2. The van der Waals surface area contributed by atoms with E-state index in [1.54, 1.807) is 12.1 Å². The molecule has 2 aromatic rings. The zero-order valence-corrected chi connectivity index (χ0v) is 23.5. The Morgan fingerprint density at radius 1 is 0.636 bits per heavy atom. The van der Waals surface area contributed by atoms with E-state index in [1.165, 1.54) is 22.3 Å². The summed E-state index contributed by atoms with van der Waals surface area (Å²) in [6.07, 6.45) is 14.4. The van der Waals surface area contributed by atoms with Crippen molar-refractivity contribution in [2.45, 2.75) is 67.2 Å². The number of allylic oxidation sites excluding steroid dienone is 8. The van der Waals surface area contributed by atoms with Gasteiger partial charge >= 0.3 is 26.2 Å². The summed E-state index contributed by atoms with van der Waals surface area (Å²) in [4.78, 5) is 0. The number of aromatic hydroxyl groups is 2. The molecule has 0 aliphatic heterocycles. The van der Waals surface area contributed by atoms with Crippen LogP contribution < -0.4 is 0 Å². The van der Waals surface area contributed by atoms with Gasteiger partial charge in [0.2, 0.25) is 0 Å². The van der Waals surface area contributed by atoms with Crippen molar-refractivity contribution in [3.05, 3.63) is 106 Å². The molecule has 2 aromatic carbocycles. The Bertz CT molecular complexity index is 885. The van der Waals surface area contributed by atoms with Crippen LogP contribution in [0.5, 0.6) is 11.5 Å². The second kappa shape index (κ2) is 17.4. The maximum absolute atomic E-state index is 9.11. The first-order valence-corrected chi connectivity index (χ1v) is 11.3. The van der Waals surface area contributed by atoms with Crippen LogP contribution in [0.2, 0.25) is 0 Å². The SMILES string of the molecule is CC1=C(C)CC=[C-]1.CC1=C(C)CC=[C-]1.CCc1ccccc1O.CCc1ccccc1O.[Zr+2]. The van der Waals surface area contributed by atoms with Crippen LogP contribution in [0.25, 0.3) is 0 Å². The fourth-order valence-electron chi connectivity index (χ4n) is 2.89. The van der Waals surface area contributed by atoms with E-state index in [1.807, 2.05) is 50.2 Å². The second-order valence-corrected chi connectivity index (χ2v) is 7.88. The molecule has 3 heteroatoms. The normalized spacial score (nSPS) is 13.3. The summed E-state index contributed by atoms with van der Waals surface area (Å²) < 4.78 is 0. The van der Waals surface area contributed by atoms with E-state index < -0.39 is 0 Å². The van der Waals surface area contributed by atoms with Gasteiger partial charge in [-0.3, -0.25) is 12.2 Å². The molecule has 0 aromatic heterocycles. The molecule has 174 valence electrons. The van der Waals surface area contributed by atoms with Crippen LogP contribution in [0.15, 0.2) is 83.0 Å². The summed E-state index contributed by atoms with van der Waals surface area (Å²) in [6, 6.07) is 14.8. The molecule has 0 unspecified atom stereocenters. The average molecular weight is 522 g/mol. The third kappa shape index (κ3) is 12.1. The second-order valence-electron chi connectivity index (χ2n) is 7.88. The Morgan fingerprint density at radius 3 is 1.12 bits per heavy atom. The maximum atomic E-state index is 9.11. The minimum atomic E-state index is 0. The van der Waals surface area contributed by atoms with Crippen molar-refractivity contribution in [3.8, 4) is 11.5 Å². The Balaban J connectivity index is 0.000000412. The van der Waals surface area contributed by atoms with Crippen LogP contribution in [-0.4, -0.2) is 10.2 Å². The van der Waals surface area contributed by atoms with Crippen molar-refractivity contribution in [3.63, 3.8) is 0 Å². The van der Waals surface area contributed by atoms with Gasteiger partial charge in [-0.1, -0.05) is 76.9 Å². The molecule has 0 fully saturated rings. The summed E-state index contributed by atoms with van der Waals surface area (Å²) in [5.41, 5.74) is 7.58. The van der Waals surface area contributed by atoms with Crippen LogP contribution in [0.4, 0.5) is 0 Å². The summed E-state index contributed by atoms with van der Waals surface area (Å²) in [5, 5.41) is 18.2. The molecule has 2 aliphatic rings. The van der Waals surface area contributed by atoms with Crippen molar-refractivity contribution in [2.24, 2.45) is 0 Å². The largest absolute Gasteiger partial charge is 2.00 e. The standard InChI is InChI=1S/2C8H10O.2C7H9.Zr/c2*1-2-7-5-3-4-6-8(7)9;2*1-6-4-3-5-7(6)2;/h2*3-6,9H,2H2,1H3;2*3H,4H2,1-2H3;/q;;2*-1;+2. The van der Waals surface area contributed by atoms with Crippen molar-refractivity contribution < 1.29 is 36.4 Å². The smallest absolute Gasteiger partial charge is 0.508 e. The zero-order chi connectivity index (χ0) is 23.9. The van der Waals surface area contributed by atoms with Gasteiger partial charge in [0.1, 0.15) is 11.5 Å². The molecule has 0 saturated heterocycles. The Kier molecular flexibility index (Phi) is 16.3. The van der Waals surface area contributed by atoms with Crippen LogP contribution in [-0.2, 0) is 39.0 Å². The molecule has 2 aliphatic carbocycles. The van der Waals surface area contributed by atoms with Crippen molar-refractivity contribution in [1.29, 1.82) is 0 Å². The van der Waals surface area contributed by atoms with Crippen LogP contribution in [0.3, 0.4) is 0 Å². The molecule has 0 heterocycles. The molecule has 0 spiro atoms. The topological polar surface area (TPSA) is 40.5 Å². The van der Waals surface area contributed by atoms with Gasteiger partial charge in [0.15, 0.2) is 0 Å². The third-order valence-corrected chi connectivity index (χ3v) is 5.48. The number of hydrogen-bond acceptors (Lipinski definition) is 2. The summed E-state index contributed by atoms with van der Waals surface area (Å²) in [6.45, 7) is 12.5. The first-order chi connectivity index (χ1) is 15.3. The first kappa shape index (κ1) is 30.9. The maximum Gasteiger partial charge on any atom is 2.00 e. The number of benzene rings is 2. The molecule has 0 radical (unpaired) electrons. The number of para-hydroxylation sites is 2. The number of phenols is 2. The Labute approximate surface area is 220 Å². The Hall–Kier alpha value is -2.12. The predicted molar refractivity (Wildman–Crippen MR) is 137 cm³/mol. The van der Waals surface area contributed by atoms with Gasteiger partial charge in [0.05, 0.1) is 0 Å². The van der Waals surface area contributed by atoms with Crippen LogP contribution in [0, 0.1) is 12.2 Å². The van der Waals surface area contributed by atoms with Gasteiger partial charge < -0.3 is 10.2 Å². The van der Waals surface area contributed by atoms with Gasteiger partial charge in [-0.15, -0.1) is 13.8 Å². The molecule has 0 atom stereocenters. The number of hydrogen-bond donors (Lipinski definition) is 2. The fraction of sp³-hybridized carbons (Fsp3) is 0.333. The average Bonchev–Trinajstić information content (AvgIpc) is 3.36. The molecular formula is C30H38O2Zr. The zero-order valence-electron chi connectivity index (χ0n) is 21.0. The van der Waals surface area contributed by atoms with Crippen molar-refractivity contribution >= 4 is 0 Å². The molecule has 4 rings (SSSR count). The van der Waals surface area contributed by atoms with Gasteiger partial charge in [-0.25, -0.2) is 22.3 Å². The third-order valence-electron chi connectivity index (χ3n) is 5.48. The molecule has 33 heavy (non-hydrogen) atoms. The summed E-state index contributed by atoms with van der Waals surface area (Å²) in [5.74, 6) is 0.806. The number of phenolic OH excluding ortho intramolecular Hbond substituents is 2. The van der Waals surface area contributed by atoms with Crippen LogP contribution >= 0.6 is 0 Å². The molecule has 0 saturated carbocycles. The Morgan fingerprint density at radius 2 is 0.970 bits per heavy atom. The minimum Gasteiger partial charge on any atom is -0.508 e. The fourth-order valence-corrected chi connectivity index (χ4v) is 2.89. The summed E-state index contributed by atoms with van der Waals surface area (Å²) in [7, 11) is 0. The molecule has 0 amide bonds. The van der Waals surface area contributed by atoms with Crippen molar-refractivity contribution in [1.82, 2.24) is 0 Å². The number of aryl methyl sites for hydroxylation is 2. The van der Waals surface area contributed by atoms with E-state index in [-0.39, 0.29) is 26.2 Å².